The second kappa shape index (κ2) is 4.02. The lowest BCUT2D eigenvalue weighted by Gasteiger charge is -1.99. The van der Waals surface area contributed by atoms with Crippen LogP contribution in [0.4, 0.5) is 0 Å². The van der Waals surface area contributed by atoms with E-state index < -0.39 is 6.23 Å². The molecule has 1 heterocycles. The number of oxime groups is 1. The Morgan fingerprint density at radius 1 is 1.47 bits per heavy atom. The van der Waals surface area contributed by atoms with E-state index in [1.807, 2.05) is 31.2 Å². The summed E-state index contributed by atoms with van der Waals surface area (Å²) in [5, 5.41) is 7.35. The first-order chi connectivity index (χ1) is 7.29. The minimum atomic E-state index is -0.494. The first-order valence-corrected chi connectivity index (χ1v) is 4.63. The van der Waals surface area contributed by atoms with Crippen molar-refractivity contribution in [1.82, 2.24) is 0 Å². The van der Waals surface area contributed by atoms with Crippen molar-refractivity contribution in [2.24, 2.45) is 10.3 Å². The third-order valence-corrected chi connectivity index (χ3v) is 2.22. The summed E-state index contributed by atoms with van der Waals surface area (Å²) in [6.45, 7) is 2.03. The largest absolute Gasteiger partial charge is 0.386 e. The molecule has 1 aromatic rings. The molecule has 5 nitrogen and oxygen atoms in total. The fourth-order valence-corrected chi connectivity index (χ4v) is 1.40. The van der Waals surface area contributed by atoms with Gasteiger partial charge in [-0.15, -0.1) is 0 Å². The van der Waals surface area contributed by atoms with Crippen molar-refractivity contribution in [3.63, 3.8) is 0 Å². The van der Waals surface area contributed by atoms with E-state index in [1.165, 1.54) is 5.56 Å². The lowest BCUT2D eigenvalue weighted by atomic mass is 10.1. The highest BCUT2D eigenvalue weighted by molar-refractivity contribution is 6.01. The average Bonchev–Trinajstić information content (AvgIpc) is 2.68. The summed E-state index contributed by atoms with van der Waals surface area (Å²) in [6.07, 6.45) is 0.0407. The van der Waals surface area contributed by atoms with E-state index in [9.17, 15) is 0 Å². The highest BCUT2D eigenvalue weighted by Crippen LogP contribution is 2.17. The van der Waals surface area contributed by atoms with Crippen LogP contribution in [0, 0.1) is 6.92 Å². The van der Waals surface area contributed by atoms with Crippen molar-refractivity contribution in [2.75, 3.05) is 0 Å². The fourth-order valence-electron chi connectivity index (χ4n) is 1.40. The Morgan fingerprint density at radius 2 is 2.20 bits per heavy atom. The second-order valence-corrected chi connectivity index (χ2v) is 3.37. The number of hydrogen-bond donors (Lipinski definition) is 0. The van der Waals surface area contributed by atoms with Crippen LogP contribution in [0.2, 0.25) is 0 Å². The van der Waals surface area contributed by atoms with E-state index in [1.54, 1.807) is 0 Å². The molecular weight excluding hydrogens is 192 g/mol. The normalized spacial score (nSPS) is 19.0. The molecule has 0 spiro atoms. The van der Waals surface area contributed by atoms with E-state index in [0.717, 1.165) is 11.3 Å². The number of rotatable bonds is 2. The number of nitrogens with zero attached hydrogens (tertiary/aromatic N) is 4. The number of benzene rings is 1. The SMILES string of the molecule is Cc1ccc(C2=NOC(N=[N+]=[N-])C2)cc1. The zero-order valence-corrected chi connectivity index (χ0v) is 8.29. The number of aryl methyl sites for hydroxylation is 1. The van der Waals surface area contributed by atoms with E-state index in [2.05, 4.69) is 15.2 Å². The van der Waals surface area contributed by atoms with Crippen molar-refractivity contribution >= 4 is 5.71 Å². The average molecular weight is 202 g/mol. The highest BCUT2D eigenvalue weighted by atomic mass is 16.7. The Kier molecular flexibility index (Phi) is 2.56. The maximum Gasteiger partial charge on any atom is 0.211 e. The molecule has 0 bridgehead atoms. The molecule has 0 radical (unpaired) electrons. The van der Waals surface area contributed by atoms with Gasteiger partial charge in [-0.05, 0) is 23.1 Å². The summed E-state index contributed by atoms with van der Waals surface area (Å²) in [4.78, 5) is 7.64. The van der Waals surface area contributed by atoms with Crippen LogP contribution >= 0.6 is 0 Å². The molecule has 0 amide bonds. The molecular formula is C10H10N4O. The summed E-state index contributed by atoms with van der Waals surface area (Å²) >= 11 is 0. The first-order valence-electron chi connectivity index (χ1n) is 4.63. The second-order valence-electron chi connectivity index (χ2n) is 3.37. The van der Waals surface area contributed by atoms with E-state index in [-0.39, 0.29) is 0 Å². The fraction of sp³-hybridized carbons (Fsp3) is 0.300. The highest BCUT2D eigenvalue weighted by Gasteiger charge is 2.20. The predicted octanol–water partition coefficient (Wildman–Crippen LogP) is 2.76. The number of azide groups is 1. The first kappa shape index (κ1) is 9.55. The Hall–Kier alpha value is -2.00. The number of hydrogen-bond acceptors (Lipinski definition) is 3. The van der Waals surface area contributed by atoms with Gasteiger partial charge in [0.2, 0.25) is 6.23 Å². The third-order valence-electron chi connectivity index (χ3n) is 2.22. The van der Waals surface area contributed by atoms with Crippen LogP contribution in [0.25, 0.3) is 10.4 Å². The van der Waals surface area contributed by atoms with Gasteiger partial charge in [-0.3, -0.25) is 0 Å². The van der Waals surface area contributed by atoms with Gasteiger partial charge in [-0.25, -0.2) is 0 Å². The Morgan fingerprint density at radius 3 is 2.87 bits per heavy atom. The molecule has 1 atom stereocenters. The van der Waals surface area contributed by atoms with Crippen LogP contribution in [0.1, 0.15) is 17.5 Å². The summed E-state index contributed by atoms with van der Waals surface area (Å²) in [5.74, 6) is 0. The van der Waals surface area contributed by atoms with E-state index in [4.69, 9.17) is 10.4 Å². The van der Waals surface area contributed by atoms with Gasteiger partial charge >= 0.3 is 0 Å². The van der Waals surface area contributed by atoms with E-state index in [0.29, 0.717) is 6.42 Å². The maximum absolute atomic E-state index is 8.25. The molecule has 0 fully saturated rings. The van der Waals surface area contributed by atoms with Gasteiger partial charge in [0.25, 0.3) is 0 Å². The Balaban J connectivity index is 2.14. The molecule has 1 aliphatic rings. The van der Waals surface area contributed by atoms with Crippen molar-refractivity contribution in [2.45, 2.75) is 19.6 Å². The topological polar surface area (TPSA) is 70.4 Å². The van der Waals surface area contributed by atoms with Crippen LogP contribution in [-0.4, -0.2) is 11.9 Å². The van der Waals surface area contributed by atoms with Gasteiger partial charge in [-0.2, -0.15) is 0 Å². The van der Waals surface area contributed by atoms with E-state index >= 15 is 0 Å². The molecule has 0 saturated carbocycles. The smallest absolute Gasteiger partial charge is 0.211 e. The summed E-state index contributed by atoms with van der Waals surface area (Å²) in [6, 6.07) is 7.99. The molecule has 0 N–H and O–H groups in total. The van der Waals surface area contributed by atoms with Gasteiger partial charge in [0, 0.05) is 11.3 Å². The predicted molar refractivity (Wildman–Crippen MR) is 56.4 cm³/mol. The third kappa shape index (κ3) is 2.08. The lowest BCUT2D eigenvalue weighted by molar-refractivity contribution is 0.0909. The molecule has 0 aromatic heterocycles. The Bertz CT molecular complexity index is 431. The molecule has 15 heavy (non-hydrogen) atoms. The van der Waals surface area contributed by atoms with Crippen LogP contribution in [0.3, 0.4) is 0 Å². The van der Waals surface area contributed by atoms with Crippen molar-refractivity contribution < 1.29 is 4.84 Å². The summed E-state index contributed by atoms with van der Waals surface area (Å²) in [5.41, 5.74) is 11.3. The quantitative estimate of drug-likeness (QED) is 0.413. The van der Waals surface area contributed by atoms with Crippen LogP contribution < -0.4 is 0 Å². The molecule has 1 aliphatic heterocycles. The molecule has 76 valence electrons. The van der Waals surface area contributed by atoms with Crippen LogP contribution in [0.5, 0.6) is 0 Å². The molecule has 5 heteroatoms. The molecule has 1 aromatic carbocycles. The maximum atomic E-state index is 8.25. The van der Waals surface area contributed by atoms with Gasteiger partial charge in [0.15, 0.2) is 0 Å². The van der Waals surface area contributed by atoms with Crippen molar-refractivity contribution in [1.29, 1.82) is 0 Å². The van der Waals surface area contributed by atoms with Crippen LogP contribution in [0.15, 0.2) is 34.5 Å². The molecule has 1 unspecified atom stereocenters. The van der Waals surface area contributed by atoms with Crippen molar-refractivity contribution in [3.05, 3.63) is 45.8 Å². The summed E-state index contributed by atoms with van der Waals surface area (Å²) < 4.78 is 0. The lowest BCUT2D eigenvalue weighted by Crippen LogP contribution is -2.04. The minimum absolute atomic E-state index is 0.494. The van der Waals surface area contributed by atoms with Crippen LogP contribution in [-0.2, 0) is 4.84 Å². The minimum Gasteiger partial charge on any atom is -0.386 e. The van der Waals surface area contributed by atoms with Crippen molar-refractivity contribution in [3.8, 4) is 0 Å². The van der Waals surface area contributed by atoms with Gasteiger partial charge in [0.05, 0.1) is 5.71 Å². The summed E-state index contributed by atoms with van der Waals surface area (Å²) in [7, 11) is 0. The van der Waals surface area contributed by atoms with Gasteiger partial charge < -0.3 is 4.84 Å². The molecule has 0 saturated heterocycles. The van der Waals surface area contributed by atoms with Gasteiger partial charge in [0.1, 0.15) is 0 Å². The monoisotopic (exact) mass is 202 g/mol. The van der Waals surface area contributed by atoms with Gasteiger partial charge in [-0.1, -0.05) is 35.0 Å². The Labute approximate surface area is 87.0 Å². The zero-order valence-electron chi connectivity index (χ0n) is 8.29. The molecule has 2 rings (SSSR count). The zero-order chi connectivity index (χ0) is 10.7. The molecule has 0 aliphatic carbocycles. The standard InChI is InChI=1S/C10H10N4O/c1-7-2-4-8(5-3-7)9-6-10(12-14-11)15-13-9/h2-5,10H,6H2,1H3.